The third-order valence-corrected chi connectivity index (χ3v) is 7.32. The summed E-state index contributed by atoms with van der Waals surface area (Å²) in [4.78, 5) is 48.8. The zero-order valence-electron chi connectivity index (χ0n) is 22.8. The fourth-order valence-electron chi connectivity index (χ4n) is 5.40. The Morgan fingerprint density at radius 1 is 1.02 bits per heavy atom. The number of ether oxygens (including phenoxy) is 1. The fraction of sp³-hybridized carbons (Fsp3) is 0.250. The van der Waals surface area contributed by atoms with E-state index in [1.165, 1.54) is 6.92 Å². The van der Waals surface area contributed by atoms with Gasteiger partial charge in [-0.15, -0.1) is 0 Å². The van der Waals surface area contributed by atoms with Gasteiger partial charge in [-0.1, -0.05) is 72.8 Å². The van der Waals surface area contributed by atoms with Gasteiger partial charge < -0.3 is 19.9 Å². The molecule has 2 amide bonds. The summed E-state index contributed by atoms with van der Waals surface area (Å²) in [5, 5.41) is 2.78. The molecule has 4 aromatic rings. The molecule has 204 valence electrons. The second-order valence-corrected chi connectivity index (χ2v) is 10.1. The van der Waals surface area contributed by atoms with E-state index in [1.54, 1.807) is 17.3 Å². The van der Waals surface area contributed by atoms with Gasteiger partial charge in [0.2, 0.25) is 11.8 Å². The summed E-state index contributed by atoms with van der Waals surface area (Å²) in [6.45, 7) is 5.28. The number of carbonyl (C=O) groups excluding carboxylic acids is 3. The number of nitrogens with one attached hydrogen (secondary N) is 2. The van der Waals surface area contributed by atoms with Crippen molar-refractivity contribution in [2.45, 2.75) is 51.8 Å². The molecule has 0 spiro atoms. The van der Waals surface area contributed by atoms with Gasteiger partial charge in [0.1, 0.15) is 12.6 Å². The van der Waals surface area contributed by atoms with Gasteiger partial charge in [0.25, 0.3) is 0 Å². The van der Waals surface area contributed by atoms with E-state index >= 15 is 0 Å². The average Bonchev–Trinajstić information content (AvgIpc) is 3.43. The van der Waals surface area contributed by atoms with Crippen LogP contribution in [-0.2, 0) is 32.1 Å². The summed E-state index contributed by atoms with van der Waals surface area (Å²) >= 11 is 0. The van der Waals surface area contributed by atoms with Crippen molar-refractivity contribution < 1.29 is 19.1 Å². The van der Waals surface area contributed by atoms with Crippen LogP contribution in [-0.4, -0.2) is 38.7 Å². The van der Waals surface area contributed by atoms with Crippen molar-refractivity contribution in [1.29, 1.82) is 0 Å². The predicted octanol–water partition coefficient (Wildman–Crippen LogP) is 5.07. The first kappa shape index (κ1) is 26.9. The Morgan fingerprint density at radius 2 is 1.68 bits per heavy atom. The molecule has 2 atom stereocenters. The Balaban J connectivity index is 1.44. The molecule has 40 heavy (non-hydrogen) atoms. The number of aromatic amines is 1. The van der Waals surface area contributed by atoms with Crippen LogP contribution >= 0.6 is 0 Å². The van der Waals surface area contributed by atoms with Gasteiger partial charge in [-0.3, -0.25) is 9.59 Å². The van der Waals surface area contributed by atoms with Crippen molar-refractivity contribution in [1.82, 2.24) is 14.9 Å². The highest BCUT2D eigenvalue weighted by molar-refractivity contribution is 5.92. The van der Waals surface area contributed by atoms with E-state index < -0.39 is 24.0 Å². The van der Waals surface area contributed by atoms with E-state index in [-0.39, 0.29) is 24.8 Å². The highest BCUT2D eigenvalue weighted by atomic mass is 16.5. The number of aryl methyl sites for hydroxylation is 1. The van der Waals surface area contributed by atoms with Gasteiger partial charge in [-0.2, -0.15) is 0 Å². The molecule has 1 unspecified atom stereocenters. The van der Waals surface area contributed by atoms with E-state index in [2.05, 4.69) is 15.3 Å². The topological polar surface area (TPSA) is 104 Å². The van der Waals surface area contributed by atoms with Crippen molar-refractivity contribution in [3.05, 3.63) is 119 Å². The first-order valence-electron chi connectivity index (χ1n) is 13.3. The molecule has 0 radical (unpaired) electrons. The van der Waals surface area contributed by atoms with Crippen molar-refractivity contribution in [2.24, 2.45) is 0 Å². The number of esters is 1. The minimum absolute atomic E-state index is 0.0452. The van der Waals surface area contributed by atoms with Crippen LogP contribution in [0, 0.1) is 6.92 Å². The molecule has 0 saturated carbocycles. The predicted molar refractivity (Wildman–Crippen MR) is 151 cm³/mol. The molecule has 0 saturated heterocycles. The Kier molecular flexibility index (Phi) is 7.77. The molecular formula is C32H32N4O4. The summed E-state index contributed by atoms with van der Waals surface area (Å²) in [6, 6.07) is 23.4. The number of fused-ring (bicyclic) bond motifs is 1. The summed E-state index contributed by atoms with van der Waals surface area (Å²) in [6.07, 6.45) is 1.88. The number of benzene rings is 3. The zero-order valence-corrected chi connectivity index (χ0v) is 22.8. The second kappa shape index (κ2) is 11.6. The molecule has 3 aromatic carbocycles. The van der Waals surface area contributed by atoms with Crippen LogP contribution in [0.15, 0.2) is 85.2 Å². The van der Waals surface area contributed by atoms with Crippen molar-refractivity contribution >= 4 is 23.5 Å². The number of nitrogens with zero attached hydrogens (tertiary/aromatic N) is 2. The highest BCUT2D eigenvalue weighted by Gasteiger charge is 2.44. The van der Waals surface area contributed by atoms with Gasteiger partial charge in [-0.25, -0.2) is 9.78 Å². The number of aromatic nitrogens is 2. The standard InChI is InChI=1S/C32H32N4O4/c1-20-16-23(14-15-26(20)35-22(3)37)18-40-32(39)28-17-27-30(34-19-33-27)21(2)36(28)31(38)29(24-10-6-4-7-11-24)25-12-8-5-9-13-25/h4-16,19,21,28-29H,17-18H2,1-3H3,(H,33,34)(H,35,37)/t21?,28-/m0/s1. The third kappa shape index (κ3) is 5.52. The lowest BCUT2D eigenvalue weighted by Crippen LogP contribution is -2.52. The number of carbonyl (C=O) groups is 3. The summed E-state index contributed by atoms with van der Waals surface area (Å²) in [5.74, 6) is -1.41. The SMILES string of the molecule is CC(=O)Nc1ccc(COC(=O)[C@@H]2Cc3[nH]cnc3C(C)N2C(=O)C(c2ccccc2)c2ccccc2)cc1C. The fourth-order valence-corrected chi connectivity index (χ4v) is 5.40. The quantitative estimate of drug-likeness (QED) is 0.321. The van der Waals surface area contributed by atoms with Crippen molar-refractivity contribution in [2.75, 3.05) is 5.32 Å². The number of hydrogen-bond donors (Lipinski definition) is 2. The lowest BCUT2D eigenvalue weighted by molar-refractivity contribution is -0.159. The number of rotatable bonds is 7. The summed E-state index contributed by atoms with van der Waals surface area (Å²) in [7, 11) is 0. The Bertz CT molecular complexity index is 1480. The maximum Gasteiger partial charge on any atom is 0.329 e. The Labute approximate surface area is 233 Å². The van der Waals surface area contributed by atoms with Crippen molar-refractivity contribution in [3.8, 4) is 0 Å². The second-order valence-electron chi connectivity index (χ2n) is 10.1. The van der Waals surface area contributed by atoms with Crippen LogP contribution < -0.4 is 5.32 Å². The first-order valence-corrected chi connectivity index (χ1v) is 13.3. The molecule has 2 N–H and O–H groups in total. The van der Waals surface area contributed by atoms with Gasteiger partial charge in [0, 0.05) is 24.7 Å². The molecule has 5 rings (SSSR count). The molecule has 1 aliphatic heterocycles. The van der Waals surface area contributed by atoms with Crippen LogP contribution in [0.4, 0.5) is 5.69 Å². The van der Waals surface area contributed by atoms with Crippen LogP contribution in [0.25, 0.3) is 0 Å². The number of anilines is 1. The first-order chi connectivity index (χ1) is 19.3. The zero-order chi connectivity index (χ0) is 28.2. The molecule has 0 fully saturated rings. The lowest BCUT2D eigenvalue weighted by Gasteiger charge is -2.40. The Hall–Kier alpha value is -4.72. The minimum Gasteiger partial charge on any atom is -0.459 e. The minimum atomic E-state index is -0.829. The molecule has 2 heterocycles. The monoisotopic (exact) mass is 536 g/mol. The van der Waals surface area contributed by atoms with E-state index in [4.69, 9.17) is 4.74 Å². The number of amides is 2. The molecule has 8 nitrogen and oxygen atoms in total. The molecule has 0 aliphatic carbocycles. The van der Waals surface area contributed by atoms with Crippen molar-refractivity contribution in [3.63, 3.8) is 0 Å². The van der Waals surface area contributed by atoms with Crippen LogP contribution in [0.1, 0.15) is 59.4 Å². The maximum absolute atomic E-state index is 14.4. The molecule has 8 heteroatoms. The number of H-pyrrole nitrogens is 1. The van der Waals surface area contributed by atoms with E-state index in [1.807, 2.05) is 86.6 Å². The van der Waals surface area contributed by atoms with Crippen LogP contribution in [0.5, 0.6) is 0 Å². The molecular weight excluding hydrogens is 504 g/mol. The van der Waals surface area contributed by atoms with Gasteiger partial charge >= 0.3 is 5.97 Å². The molecule has 1 aromatic heterocycles. The Morgan fingerprint density at radius 3 is 2.27 bits per heavy atom. The van der Waals surface area contributed by atoms with Gasteiger partial charge in [-0.05, 0) is 42.2 Å². The van der Waals surface area contributed by atoms with Gasteiger partial charge in [0.05, 0.1) is 24.0 Å². The smallest absolute Gasteiger partial charge is 0.329 e. The third-order valence-electron chi connectivity index (χ3n) is 7.32. The molecule has 0 bridgehead atoms. The lowest BCUT2D eigenvalue weighted by atomic mass is 9.87. The largest absolute Gasteiger partial charge is 0.459 e. The van der Waals surface area contributed by atoms with Crippen LogP contribution in [0.3, 0.4) is 0 Å². The van der Waals surface area contributed by atoms with Gasteiger partial charge in [0.15, 0.2) is 0 Å². The van der Waals surface area contributed by atoms with Crippen LogP contribution in [0.2, 0.25) is 0 Å². The normalized spacial score (nSPS) is 16.4. The van der Waals surface area contributed by atoms with E-state index in [0.717, 1.165) is 33.6 Å². The summed E-state index contributed by atoms with van der Waals surface area (Å²) < 4.78 is 5.80. The van der Waals surface area contributed by atoms with E-state index in [0.29, 0.717) is 5.69 Å². The van der Waals surface area contributed by atoms with E-state index in [9.17, 15) is 14.4 Å². The highest BCUT2D eigenvalue weighted by Crippen LogP contribution is 2.36. The number of hydrogen-bond acceptors (Lipinski definition) is 5. The average molecular weight is 537 g/mol. The number of imidazole rings is 1. The summed E-state index contributed by atoms with van der Waals surface area (Å²) in [5.41, 5.74) is 5.63. The molecule has 1 aliphatic rings. The maximum atomic E-state index is 14.4.